The van der Waals surface area contributed by atoms with Crippen LogP contribution in [0.1, 0.15) is 38.1 Å². The van der Waals surface area contributed by atoms with Gasteiger partial charge in [-0.2, -0.15) is 0 Å². The van der Waals surface area contributed by atoms with E-state index in [1.165, 1.54) is 7.11 Å². The van der Waals surface area contributed by atoms with E-state index in [2.05, 4.69) is 10.6 Å². The Labute approximate surface area is 200 Å². The van der Waals surface area contributed by atoms with Crippen LogP contribution >= 0.6 is 22.9 Å². The smallest absolute Gasteiger partial charge is 0.341 e. The lowest BCUT2D eigenvalue weighted by Gasteiger charge is -2.07. The molecule has 172 valence electrons. The Morgan fingerprint density at radius 1 is 1.06 bits per heavy atom. The van der Waals surface area contributed by atoms with Crippen molar-refractivity contribution in [1.82, 2.24) is 0 Å². The lowest BCUT2D eigenvalue weighted by Crippen LogP contribution is -2.16. The summed E-state index contributed by atoms with van der Waals surface area (Å²) in [5.74, 6) is -0.745. The number of methoxy groups -OCH3 is 1. The second kappa shape index (κ2) is 11.0. The molecule has 33 heavy (non-hydrogen) atoms. The van der Waals surface area contributed by atoms with E-state index in [0.717, 1.165) is 16.9 Å². The maximum atomic E-state index is 13.0. The van der Waals surface area contributed by atoms with Crippen molar-refractivity contribution in [3.63, 3.8) is 0 Å². The number of hydrogen-bond acceptors (Lipinski definition) is 6. The van der Waals surface area contributed by atoms with Gasteiger partial charge in [-0.1, -0.05) is 29.8 Å². The van der Waals surface area contributed by atoms with Crippen molar-refractivity contribution in [3.05, 3.63) is 75.1 Å². The Morgan fingerprint density at radius 3 is 2.45 bits per heavy atom. The predicted octanol–water partition coefficient (Wildman–Crippen LogP) is 5.33. The largest absolute Gasteiger partial charge is 0.497 e. The Morgan fingerprint density at radius 2 is 1.79 bits per heavy atom. The number of benzene rings is 2. The van der Waals surface area contributed by atoms with Gasteiger partial charge in [0, 0.05) is 16.8 Å². The second-order valence-corrected chi connectivity index (χ2v) is 8.48. The molecule has 0 atom stereocenters. The molecule has 9 heteroatoms. The van der Waals surface area contributed by atoms with Gasteiger partial charge in [-0.25, -0.2) is 4.79 Å². The highest BCUT2D eigenvalue weighted by Gasteiger charge is 2.26. The summed E-state index contributed by atoms with van der Waals surface area (Å²) in [6.07, 6.45) is 0.0850. The molecule has 0 aliphatic carbocycles. The molecule has 0 unspecified atom stereocenters. The summed E-state index contributed by atoms with van der Waals surface area (Å²) in [5.41, 5.74) is 1.90. The SMILES string of the molecule is CCOC(=O)c1c(NC(=O)Cc2ccc(Cl)cc2)sc(C(=O)Nc2cccc(OC)c2)c1C. The summed E-state index contributed by atoms with van der Waals surface area (Å²) in [5, 5.41) is 6.39. The first-order valence-corrected chi connectivity index (χ1v) is 11.3. The first-order valence-electron chi connectivity index (χ1n) is 10.1. The number of halogens is 1. The summed E-state index contributed by atoms with van der Waals surface area (Å²) >= 11 is 6.91. The van der Waals surface area contributed by atoms with Crippen molar-refractivity contribution in [2.24, 2.45) is 0 Å². The fraction of sp³-hybridized carbons (Fsp3) is 0.208. The summed E-state index contributed by atoms with van der Waals surface area (Å²) in [4.78, 5) is 38.5. The van der Waals surface area contributed by atoms with E-state index in [0.29, 0.717) is 26.9 Å². The summed E-state index contributed by atoms with van der Waals surface area (Å²) in [7, 11) is 1.54. The quantitative estimate of drug-likeness (QED) is 0.420. The zero-order chi connectivity index (χ0) is 24.0. The number of carbonyl (C=O) groups excluding carboxylic acids is 3. The minimum atomic E-state index is -0.603. The van der Waals surface area contributed by atoms with Crippen molar-refractivity contribution in [2.75, 3.05) is 24.4 Å². The number of amides is 2. The molecular weight excluding hydrogens is 464 g/mol. The van der Waals surface area contributed by atoms with Crippen LogP contribution < -0.4 is 15.4 Å². The number of esters is 1. The first kappa shape index (κ1) is 24.3. The third-order valence-corrected chi connectivity index (χ3v) is 6.15. The fourth-order valence-corrected chi connectivity index (χ4v) is 4.35. The molecule has 3 aromatic rings. The molecule has 0 aliphatic rings. The molecule has 2 amide bonds. The third-order valence-electron chi connectivity index (χ3n) is 4.69. The molecule has 2 N–H and O–H groups in total. The van der Waals surface area contributed by atoms with E-state index in [1.807, 2.05) is 0 Å². The number of ether oxygens (including phenoxy) is 2. The van der Waals surface area contributed by atoms with Crippen LogP contribution in [0.3, 0.4) is 0 Å². The third kappa shape index (κ3) is 6.12. The van der Waals surface area contributed by atoms with Gasteiger partial charge in [-0.05, 0) is 49.2 Å². The van der Waals surface area contributed by atoms with Crippen LogP contribution in [0.5, 0.6) is 5.75 Å². The van der Waals surface area contributed by atoms with Gasteiger partial charge < -0.3 is 20.1 Å². The fourth-order valence-electron chi connectivity index (χ4n) is 3.11. The minimum absolute atomic E-state index is 0.0850. The van der Waals surface area contributed by atoms with Gasteiger partial charge >= 0.3 is 5.97 Å². The molecule has 1 aromatic heterocycles. The molecule has 1 heterocycles. The zero-order valence-electron chi connectivity index (χ0n) is 18.4. The molecule has 0 spiro atoms. The van der Waals surface area contributed by atoms with Crippen molar-refractivity contribution < 1.29 is 23.9 Å². The average molecular weight is 487 g/mol. The Balaban J connectivity index is 1.86. The van der Waals surface area contributed by atoms with Crippen LogP contribution in [-0.4, -0.2) is 31.5 Å². The van der Waals surface area contributed by atoms with Gasteiger partial charge in [0.15, 0.2) is 0 Å². The van der Waals surface area contributed by atoms with E-state index < -0.39 is 11.9 Å². The van der Waals surface area contributed by atoms with Gasteiger partial charge in [0.05, 0.1) is 30.6 Å². The molecule has 0 saturated carbocycles. The molecule has 0 saturated heterocycles. The molecule has 0 fully saturated rings. The normalized spacial score (nSPS) is 10.4. The number of nitrogens with one attached hydrogen (secondary N) is 2. The number of thiophene rings is 1. The van der Waals surface area contributed by atoms with E-state index in [4.69, 9.17) is 21.1 Å². The van der Waals surface area contributed by atoms with Crippen molar-refractivity contribution in [3.8, 4) is 5.75 Å². The molecular formula is C24H23ClN2O5S. The highest BCUT2D eigenvalue weighted by molar-refractivity contribution is 7.19. The summed E-state index contributed by atoms with van der Waals surface area (Å²) < 4.78 is 10.3. The average Bonchev–Trinajstić information content (AvgIpc) is 3.11. The molecule has 2 aromatic carbocycles. The van der Waals surface area contributed by atoms with Gasteiger partial charge in [0.1, 0.15) is 10.8 Å². The van der Waals surface area contributed by atoms with Crippen LogP contribution in [0.2, 0.25) is 5.02 Å². The maximum Gasteiger partial charge on any atom is 0.341 e. The van der Waals surface area contributed by atoms with Crippen LogP contribution in [0.25, 0.3) is 0 Å². The lowest BCUT2D eigenvalue weighted by molar-refractivity contribution is -0.115. The van der Waals surface area contributed by atoms with Crippen LogP contribution in [0.4, 0.5) is 10.7 Å². The summed E-state index contributed by atoms with van der Waals surface area (Å²) in [6, 6.07) is 13.8. The van der Waals surface area contributed by atoms with E-state index >= 15 is 0 Å². The van der Waals surface area contributed by atoms with E-state index in [9.17, 15) is 14.4 Å². The van der Waals surface area contributed by atoms with Gasteiger partial charge in [0.2, 0.25) is 5.91 Å². The second-order valence-electron chi connectivity index (χ2n) is 7.02. The molecule has 7 nitrogen and oxygen atoms in total. The molecule has 0 bridgehead atoms. The maximum absolute atomic E-state index is 13.0. The number of rotatable bonds is 8. The molecule has 3 rings (SSSR count). The van der Waals surface area contributed by atoms with Gasteiger partial charge in [-0.15, -0.1) is 11.3 Å². The Kier molecular flexibility index (Phi) is 8.08. The van der Waals surface area contributed by atoms with Crippen molar-refractivity contribution >= 4 is 51.4 Å². The highest BCUT2D eigenvalue weighted by Crippen LogP contribution is 2.34. The van der Waals surface area contributed by atoms with Crippen LogP contribution in [-0.2, 0) is 16.0 Å². The van der Waals surface area contributed by atoms with E-state index in [-0.39, 0.29) is 29.5 Å². The highest BCUT2D eigenvalue weighted by atomic mass is 35.5. The van der Waals surface area contributed by atoms with Gasteiger partial charge in [-0.3, -0.25) is 9.59 Å². The number of anilines is 2. The van der Waals surface area contributed by atoms with Crippen molar-refractivity contribution in [1.29, 1.82) is 0 Å². The summed E-state index contributed by atoms with van der Waals surface area (Å²) in [6.45, 7) is 3.50. The monoisotopic (exact) mass is 486 g/mol. The van der Waals surface area contributed by atoms with Crippen LogP contribution in [0, 0.1) is 6.92 Å². The lowest BCUT2D eigenvalue weighted by atomic mass is 10.1. The topological polar surface area (TPSA) is 93.7 Å². The van der Waals surface area contributed by atoms with Crippen molar-refractivity contribution in [2.45, 2.75) is 20.3 Å². The standard InChI is InChI=1S/C24H23ClN2O5S/c1-4-32-24(30)20-14(2)21(22(29)26-17-6-5-7-18(13-17)31-3)33-23(20)27-19(28)12-15-8-10-16(25)11-9-15/h5-11,13H,4,12H2,1-3H3,(H,26,29)(H,27,28). The van der Waals surface area contributed by atoms with Gasteiger partial charge in [0.25, 0.3) is 5.91 Å². The Hall–Kier alpha value is -3.36. The molecule has 0 aliphatic heterocycles. The Bertz CT molecular complexity index is 1170. The minimum Gasteiger partial charge on any atom is -0.497 e. The number of carbonyl (C=O) groups is 3. The number of hydrogen-bond donors (Lipinski definition) is 2. The van der Waals surface area contributed by atoms with E-state index in [1.54, 1.807) is 62.4 Å². The molecule has 0 radical (unpaired) electrons. The first-order chi connectivity index (χ1) is 15.8. The van der Waals surface area contributed by atoms with Crippen LogP contribution in [0.15, 0.2) is 48.5 Å². The zero-order valence-corrected chi connectivity index (χ0v) is 19.9. The predicted molar refractivity (Wildman–Crippen MR) is 130 cm³/mol.